The van der Waals surface area contributed by atoms with E-state index in [1.165, 1.54) is 25.5 Å². The zero-order valence-electron chi connectivity index (χ0n) is 37.6. The molecule has 8 aliphatic rings. The number of ketones is 2. The van der Waals surface area contributed by atoms with Gasteiger partial charge < -0.3 is 14.6 Å². The van der Waals surface area contributed by atoms with Gasteiger partial charge in [0.25, 0.3) is 0 Å². The van der Waals surface area contributed by atoms with Crippen molar-refractivity contribution in [2.75, 3.05) is 14.2 Å². The maximum Gasteiger partial charge on any atom is 0.330 e. The van der Waals surface area contributed by atoms with Crippen LogP contribution in [0.4, 0.5) is 0 Å². The quantitative estimate of drug-likeness (QED) is 0.0882. The van der Waals surface area contributed by atoms with Gasteiger partial charge >= 0.3 is 5.97 Å². The molecule has 0 aromatic heterocycles. The first-order valence-corrected chi connectivity index (χ1v) is 26.9. The molecule has 0 heterocycles. The lowest BCUT2D eigenvalue weighted by Crippen LogP contribution is -2.54. The number of rotatable bonds is 15. The highest BCUT2D eigenvalue weighted by molar-refractivity contribution is 9.10. The number of carbonyl (C=O) groups is 4. The summed E-state index contributed by atoms with van der Waals surface area (Å²) in [5, 5.41) is 7.00. The van der Waals surface area contributed by atoms with Crippen LogP contribution in [0.25, 0.3) is 0 Å². The van der Waals surface area contributed by atoms with E-state index in [9.17, 15) is 36.0 Å². The summed E-state index contributed by atoms with van der Waals surface area (Å²) in [6.07, 6.45) is 15.9. The van der Waals surface area contributed by atoms with E-state index in [2.05, 4.69) is 47.4 Å². The van der Waals surface area contributed by atoms with Crippen LogP contribution < -0.4 is 9.44 Å². The minimum Gasteiger partial charge on any atom is -0.466 e. The minimum atomic E-state index is -3.85. The molecule has 8 fully saturated rings. The number of Topliss-reactive ketones (excluding diaryl/α,β-unsaturated/α-hetero) is 2. The van der Waals surface area contributed by atoms with E-state index in [0.717, 1.165) is 71.3 Å². The van der Waals surface area contributed by atoms with Crippen molar-refractivity contribution in [2.24, 2.45) is 58.2 Å². The number of benzene rings is 2. The van der Waals surface area contributed by atoms with Crippen molar-refractivity contribution in [1.82, 2.24) is 9.44 Å². The van der Waals surface area contributed by atoms with Gasteiger partial charge in [-0.05, 0) is 201 Å². The molecule has 0 radical (unpaired) electrons. The first-order chi connectivity index (χ1) is 30.0. The molecule has 12 nitrogen and oxygen atoms in total. The van der Waals surface area contributed by atoms with E-state index in [1.807, 2.05) is 0 Å². The molecule has 8 aliphatic carbocycles. The van der Waals surface area contributed by atoms with Gasteiger partial charge in [-0.2, -0.15) is 9.44 Å². The number of aliphatic hydroxyl groups is 1. The standard InChI is InChI=1S/C25H32BrNO5S.C22H28BrNO4S.CH4O.CH4/c1-24(2,27-33(30,31)21-7-5-4-6-20(21)26)22(28)12-19-17-10-16-11-18(19)15-25(13-16,14-17)9-8-23(29)32-3;1-21(2,24-29(27,28)19-6-4-3-5-18(19)23)20(26)9-17-15-7-14-8-16(17)12-22(10-14,11-15)13-25;1-2;/h4-9,16-19,27H,10-15H2,1-3H3;3-6,13-17,24H,7-12H2,1-2H3;2H,1H3;1H4/b9-8+;;;. The zero-order valence-corrected chi connectivity index (χ0v) is 42.5. The molecule has 3 N–H and O–H groups in total. The van der Waals surface area contributed by atoms with Gasteiger partial charge in [0.15, 0.2) is 11.6 Å². The fourth-order valence-electron chi connectivity index (χ4n) is 12.9. The Morgan fingerprint density at radius 1 is 0.677 bits per heavy atom. The van der Waals surface area contributed by atoms with Crippen molar-refractivity contribution in [3.63, 3.8) is 0 Å². The van der Waals surface area contributed by atoms with Crippen LogP contribution >= 0.6 is 31.9 Å². The van der Waals surface area contributed by atoms with E-state index < -0.39 is 31.1 Å². The van der Waals surface area contributed by atoms with Crippen molar-refractivity contribution in [2.45, 2.75) is 133 Å². The first kappa shape index (κ1) is 53.4. The van der Waals surface area contributed by atoms with Gasteiger partial charge in [0, 0.05) is 40.4 Å². The highest BCUT2D eigenvalue weighted by Crippen LogP contribution is 2.64. The maximum absolute atomic E-state index is 13.4. The Bertz CT molecular complexity index is 2320. The minimum absolute atomic E-state index is 0. The van der Waals surface area contributed by atoms with Crippen molar-refractivity contribution in [3.05, 3.63) is 69.6 Å². The molecule has 4 unspecified atom stereocenters. The van der Waals surface area contributed by atoms with E-state index in [1.54, 1.807) is 70.2 Å². The van der Waals surface area contributed by atoms with Crippen molar-refractivity contribution < 1.29 is 45.9 Å². The molecular weight excluding hydrogens is 1000 g/mol. The van der Waals surface area contributed by atoms with Gasteiger partial charge in [-0.15, -0.1) is 0 Å². The third kappa shape index (κ3) is 11.6. The Morgan fingerprint density at radius 2 is 1.03 bits per heavy atom. The van der Waals surface area contributed by atoms with Crippen molar-refractivity contribution in [3.8, 4) is 0 Å². The summed E-state index contributed by atoms with van der Waals surface area (Å²) in [4.78, 5) is 50.2. The van der Waals surface area contributed by atoms with Crippen LogP contribution in [0.15, 0.2) is 79.4 Å². The molecule has 0 amide bonds. The number of sulfonamides is 2. The predicted octanol–water partition coefficient (Wildman–Crippen LogP) is 8.99. The Balaban J connectivity index is 0.000000233. The topological polar surface area (TPSA) is 190 Å². The van der Waals surface area contributed by atoms with Gasteiger partial charge in [0.2, 0.25) is 20.0 Å². The zero-order chi connectivity index (χ0) is 47.0. The number of aliphatic hydroxyl groups excluding tert-OH is 1. The lowest BCUT2D eigenvalue weighted by Gasteiger charge is -2.59. The van der Waals surface area contributed by atoms with E-state index in [-0.39, 0.29) is 57.4 Å². The van der Waals surface area contributed by atoms with Crippen LogP contribution in [0.2, 0.25) is 0 Å². The summed E-state index contributed by atoms with van der Waals surface area (Å²) < 4.78 is 62.6. The number of nitrogens with one attached hydrogen (secondary N) is 2. The molecule has 65 heavy (non-hydrogen) atoms. The molecule has 4 atom stereocenters. The van der Waals surface area contributed by atoms with Crippen molar-refractivity contribution in [1.29, 1.82) is 0 Å². The summed E-state index contributed by atoms with van der Waals surface area (Å²) in [7, 11) is -5.30. The molecule has 8 saturated carbocycles. The van der Waals surface area contributed by atoms with Gasteiger partial charge in [0.1, 0.15) is 6.29 Å². The lowest BCUT2D eigenvalue weighted by molar-refractivity contribution is -0.142. The molecule has 0 saturated heterocycles. The van der Waals surface area contributed by atoms with Gasteiger partial charge in [0.05, 0.1) is 28.0 Å². The monoisotopic (exact) mass is 1070 g/mol. The number of halogens is 2. The van der Waals surface area contributed by atoms with Gasteiger partial charge in [-0.25, -0.2) is 21.6 Å². The molecule has 2 aromatic rings. The maximum atomic E-state index is 13.4. The fourth-order valence-corrected chi connectivity index (χ4v) is 17.7. The summed E-state index contributed by atoms with van der Waals surface area (Å²) in [6, 6.07) is 13.2. The summed E-state index contributed by atoms with van der Waals surface area (Å²) in [6.45, 7) is 6.60. The van der Waals surface area contributed by atoms with Gasteiger partial charge in [-0.1, -0.05) is 37.8 Å². The smallest absolute Gasteiger partial charge is 0.330 e. The SMILES string of the molecule is C.CC(C)(NS(=O)(=O)c1ccccc1Br)C(=O)CC1C2CC3CC1CC(C=O)(C3)C2.CO.COC(=O)/C=C/C12CC3CC(C1)C(CC(=O)C(C)(C)NS(=O)(=O)c1ccccc1Br)C(C3)C2. The number of hydrogen-bond acceptors (Lipinski definition) is 10. The van der Waals surface area contributed by atoms with Crippen LogP contribution in [-0.2, 0) is 44.0 Å². The van der Waals surface area contributed by atoms with Crippen LogP contribution in [0.5, 0.6) is 0 Å². The molecule has 2 aromatic carbocycles. The van der Waals surface area contributed by atoms with E-state index >= 15 is 0 Å². The average molecular weight is 1070 g/mol. The molecule has 0 spiro atoms. The number of methoxy groups -OCH3 is 1. The second kappa shape index (κ2) is 20.6. The van der Waals surface area contributed by atoms with Crippen LogP contribution in [0.3, 0.4) is 0 Å². The third-order valence-corrected chi connectivity index (χ3v) is 20.7. The molecule has 8 bridgehead atoms. The number of ether oxygens (including phenoxy) is 1. The number of allylic oxidation sites excluding steroid dienone is 1. The number of carbonyl (C=O) groups excluding carboxylic acids is 4. The Labute approximate surface area is 403 Å². The van der Waals surface area contributed by atoms with Crippen LogP contribution in [0.1, 0.15) is 112 Å². The van der Waals surface area contributed by atoms with E-state index in [4.69, 9.17) is 9.84 Å². The van der Waals surface area contributed by atoms with Crippen LogP contribution in [0, 0.1) is 58.2 Å². The molecular formula is C49H68Br2N2O10S2. The van der Waals surface area contributed by atoms with Crippen molar-refractivity contribution >= 4 is 75.7 Å². The Hall–Kier alpha value is -2.60. The summed E-state index contributed by atoms with van der Waals surface area (Å²) in [5.41, 5.74) is -2.52. The molecule has 360 valence electrons. The van der Waals surface area contributed by atoms with Gasteiger partial charge in [-0.3, -0.25) is 9.59 Å². The fraction of sp³-hybridized carbons (Fsp3) is 0.633. The van der Waals surface area contributed by atoms with Crippen LogP contribution in [-0.4, -0.2) is 71.1 Å². The number of hydrogen-bond donors (Lipinski definition) is 3. The Morgan fingerprint density at radius 3 is 1.38 bits per heavy atom. The summed E-state index contributed by atoms with van der Waals surface area (Å²) in [5.74, 6) is 2.98. The Kier molecular flexibility index (Phi) is 16.9. The largest absolute Gasteiger partial charge is 0.466 e. The first-order valence-electron chi connectivity index (χ1n) is 22.3. The third-order valence-electron chi connectivity index (χ3n) is 15.3. The second-order valence-corrected chi connectivity index (χ2v) is 25.6. The molecule has 10 rings (SSSR count). The number of aldehydes is 1. The number of esters is 1. The van der Waals surface area contributed by atoms with E-state index in [0.29, 0.717) is 57.3 Å². The highest BCUT2D eigenvalue weighted by Gasteiger charge is 2.57. The summed E-state index contributed by atoms with van der Waals surface area (Å²) >= 11 is 6.57. The average Bonchev–Trinajstić information content (AvgIpc) is 3.22. The lowest BCUT2D eigenvalue weighted by atomic mass is 9.45. The highest BCUT2D eigenvalue weighted by atomic mass is 79.9. The molecule has 16 heteroatoms. The second-order valence-electron chi connectivity index (χ2n) is 20.5. The normalized spacial score (nSPS) is 30.9. The molecule has 0 aliphatic heterocycles. The predicted molar refractivity (Wildman–Crippen MR) is 257 cm³/mol.